The molecule has 0 unspecified atom stereocenters. The van der Waals surface area contributed by atoms with Crippen LogP contribution in [0.4, 0.5) is 5.13 Å². The molecule has 0 aliphatic heterocycles. The van der Waals surface area contributed by atoms with Crippen molar-refractivity contribution in [2.24, 2.45) is 0 Å². The third-order valence-electron chi connectivity index (χ3n) is 4.57. The van der Waals surface area contributed by atoms with Crippen LogP contribution in [-0.4, -0.2) is 36.7 Å². The van der Waals surface area contributed by atoms with Gasteiger partial charge in [0.1, 0.15) is 0 Å². The molecule has 0 radical (unpaired) electrons. The van der Waals surface area contributed by atoms with E-state index in [0.29, 0.717) is 28.8 Å². The molecule has 1 N–H and O–H groups in total. The minimum atomic E-state index is -3.57. The molecule has 0 saturated heterocycles. The molecule has 30 heavy (non-hydrogen) atoms. The Kier molecular flexibility index (Phi) is 7.13. The SMILES string of the molecule is CCCN(CCC)S(=O)(=O)c1ccc(C(=O)Nc2nc3c(C)cc(Cl)cc3s2)cc1. The van der Waals surface area contributed by atoms with Crippen LogP contribution in [0.2, 0.25) is 5.02 Å². The molecule has 0 aliphatic rings. The number of anilines is 1. The highest BCUT2D eigenvalue weighted by Gasteiger charge is 2.23. The summed E-state index contributed by atoms with van der Waals surface area (Å²) in [6.07, 6.45) is 1.49. The minimum absolute atomic E-state index is 0.186. The number of thiazole rings is 1. The molecule has 1 aromatic heterocycles. The average molecular weight is 466 g/mol. The fourth-order valence-electron chi connectivity index (χ4n) is 3.16. The van der Waals surface area contributed by atoms with E-state index in [-0.39, 0.29) is 10.8 Å². The van der Waals surface area contributed by atoms with E-state index >= 15 is 0 Å². The molecule has 0 spiro atoms. The van der Waals surface area contributed by atoms with Crippen molar-refractivity contribution in [3.8, 4) is 0 Å². The maximum Gasteiger partial charge on any atom is 0.257 e. The first kappa shape index (κ1) is 22.7. The number of nitrogens with one attached hydrogen (secondary N) is 1. The third kappa shape index (κ3) is 4.83. The van der Waals surface area contributed by atoms with E-state index in [0.717, 1.165) is 28.6 Å². The predicted octanol–water partition coefficient (Wildman–Crippen LogP) is 5.32. The Bertz CT molecular complexity index is 1150. The van der Waals surface area contributed by atoms with Gasteiger partial charge in [-0.1, -0.05) is 36.8 Å². The molecule has 3 aromatic rings. The fourth-order valence-corrected chi connectivity index (χ4v) is 6.10. The number of amides is 1. The topological polar surface area (TPSA) is 79.4 Å². The maximum absolute atomic E-state index is 12.8. The number of rotatable bonds is 8. The first-order chi connectivity index (χ1) is 14.3. The van der Waals surface area contributed by atoms with Crippen LogP contribution >= 0.6 is 22.9 Å². The van der Waals surface area contributed by atoms with Gasteiger partial charge in [-0.3, -0.25) is 10.1 Å². The van der Waals surface area contributed by atoms with Gasteiger partial charge < -0.3 is 0 Å². The third-order valence-corrected chi connectivity index (χ3v) is 7.62. The molecule has 1 amide bonds. The van der Waals surface area contributed by atoms with Gasteiger partial charge in [0.25, 0.3) is 5.91 Å². The second kappa shape index (κ2) is 9.43. The Morgan fingerprint density at radius 3 is 2.37 bits per heavy atom. The molecule has 0 bridgehead atoms. The number of aryl methyl sites for hydroxylation is 1. The van der Waals surface area contributed by atoms with Gasteiger partial charge in [0.2, 0.25) is 10.0 Å². The van der Waals surface area contributed by atoms with Gasteiger partial charge in [0.05, 0.1) is 15.1 Å². The van der Waals surface area contributed by atoms with Crippen molar-refractivity contribution in [3.05, 3.63) is 52.5 Å². The number of hydrogen-bond donors (Lipinski definition) is 1. The Morgan fingerprint density at radius 2 is 1.77 bits per heavy atom. The van der Waals surface area contributed by atoms with Crippen molar-refractivity contribution in [2.75, 3.05) is 18.4 Å². The largest absolute Gasteiger partial charge is 0.298 e. The summed E-state index contributed by atoms with van der Waals surface area (Å²) >= 11 is 7.43. The van der Waals surface area contributed by atoms with Gasteiger partial charge in [-0.15, -0.1) is 0 Å². The first-order valence-corrected chi connectivity index (χ1v) is 12.4. The predicted molar refractivity (Wildman–Crippen MR) is 123 cm³/mol. The summed E-state index contributed by atoms with van der Waals surface area (Å²) in [5, 5.41) is 3.87. The Balaban J connectivity index is 1.79. The van der Waals surface area contributed by atoms with E-state index in [1.807, 2.05) is 32.9 Å². The van der Waals surface area contributed by atoms with Gasteiger partial charge in [0, 0.05) is 23.7 Å². The fraction of sp³-hybridized carbons (Fsp3) is 0.333. The van der Waals surface area contributed by atoms with Crippen molar-refractivity contribution in [2.45, 2.75) is 38.5 Å². The molecule has 0 aliphatic carbocycles. The summed E-state index contributed by atoms with van der Waals surface area (Å²) in [7, 11) is -3.57. The lowest BCUT2D eigenvalue weighted by Gasteiger charge is -2.21. The summed E-state index contributed by atoms with van der Waals surface area (Å²) in [6, 6.07) is 9.64. The van der Waals surface area contributed by atoms with E-state index in [2.05, 4.69) is 10.3 Å². The quantitative estimate of drug-likeness (QED) is 0.488. The van der Waals surface area contributed by atoms with Crippen LogP contribution in [0.5, 0.6) is 0 Å². The molecule has 0 atom stereocenters. The highest BCUT2D eigenvalue weighted by atomic mass is 35.5. The van der Waals surface area contributed by atoms with E-state index < -0.39 is 10.0 Å². The molecule has 9 heteroatoms. The second-order valence-corrected chi connectivity index (χ2v) is 10.4. The highest BCUT2D eigenvalue weighted by molar-refractivity contribution is 7.89. The van der Waals surface area contributed by atoms with Crippen molar-refractivity contribution >= 4 is 54.2 Å². The van der Waals surface area contributed by atoms with E-state index in [4.69, 9.17) is 11.6 Å². The first-order valence-electron chi connectivity index (χ1n) is 9.74. The van der Waals surface area contributed by atoms with Gasteiger partial charge in [-0.2, -0.15) is 4.31 Å². The highest BCUT2D eigenvalue weighted by Crippen LogP contribution is 2.31. The number of carbonyl (C=O) groups excluding carboxylic acids is 1. The lowest BCUT2D eigenvalue weighted by molar-refractivity contribution is 0.102. The van der Waals surface area contributed by atoms with Gasteiger partial charge in [0.15, 0.2) is 5.13 Å². The number of fused-ring (bicyclic) bond motifs is 1. The Morgan fingerprint density at radius 1 is 1.13 bits per heavy atom. The number of benzene rings is 2. The molecule has 0 saturated carbocycles. The lowest BCUT2D eigenvalue weighted by Crippen LogP contribution is -2.32. The zero-order valence-corrected chi connectivity index (χ0v) is 19.5. The summed E-state index contributed by atoms with van der Waals surface area (Å²) in [5.74, 6) is -0.347. The summed E-state index contributed by atoms with van der Waals surface area (Å²) in [6.45, 7) is 6.75. The maximum atomic E-state index is 12.8. The standard InChI is InChI=1S/C21H24ClN3O3S2/c1-4-10-25(11-5-2)30(27,28)17-8-6-15(7-9-17)20(26)24-21-23-19-14(3)12-16(22)13-18(19)29-21/h6-9,12-13H,4-5,10-11H2,1-3H3,(H,23,24,26). The molecule has 2 aromatic carbocycles. The van der Waals surface area contributed by atoms with Crippen molar-refractivity contribution in [1.29, 1.82) is 0 Å². The molecule has 3 rings (SSSR count). The van der Waals surface area contributed by atoms with Crippen LogP contribution in [0.1, 0.15) is 42.6 Å². The molecule has 1 heterocycles. The smallest absolute Gasteiger partial charge is 0.257 e. The van der Waals surface area contributed by atoms with Crippen LogP contribution in [0, 0.1) is 6.92 Å². The summed E-state index contributed by atoms with van der Waals surface area (Å²) in [5.41, 5.74) is 2.10. The monoisotopic (exact) mass is 465 g/mol. The van der Waals surface area contributed by atoms with Crippen LogP contribution in [0.3, 0.4) is 0 Å². The number of hydrogen-bond acceptors (Lipinski definition) is 5. The summed E-state index contributed by atoms with van der Waals surface area (Å²) in [4.78, 5) is 17.3. The van der Waals surface area contributed by atoms with Crippen molar-refractivity contribution < 1.29 is 13.2 Å². The van der Waals surface area contributed by atoms with Crippen LogP contribution in [0.25, 0.3) is 10.2 Å². The molecule has 160 valence electrons. The molecule has 6 nitrogen and oxygen atoms in total. The molecule has 0 fully saturated rings. The van der Waals surface area contributed by atoms with Gasteiger partial charge in [-0.25, -0.2) is 13.4 Å². The zero-order valence-electron chi connectivity index (χ0n) is 17.1. The number of carbonyl (C=O) groups is 1. The van der Waals surface area contributed by atoms with E-state index in [9.17, 15) is 13.2 Å². The Hall–Kier alpha value is -2.00. The van der Waals surface area contributed by atoms with Gasteiger partial charge >= 0.3 is 0 Å². The van der Waals surface area contributed by atoms with Crippen molar-refractivity contribution in [1.82, 2.24) is 9.29 Å². The van der Waals surface area contributed by atoms with Crippen LogP contribution < -0.4 is 5.32 Å². The summed E-state index contributed by atoms with van der Waals surface area (Å²) < 4.78 is 28.1. The second-order valence-electron chi connectivity index (χ2n) is 6.97. The normalized spacial score (nSPS) is 11.9. The molecular formula is C21H24ClN3O3S2. The average Bonchev–Trinajstić information content (AvgIpc) is 3.10. The van der Waals surface area contributed by atoms with Crippen LogP contribution in [0.15, 0.2) is 41.3 Å². The number of halogens is 1. The zero-order chi connectivity index (χ0) is 21.9. The molecular weight excluding hydrogens is 442 g/mol. The van der Waals surface area contributed by atoms with Gasteiger partial charge in [-0.05, 0) is 61.7 Å². The number of aromatic nitrogens is 1. The minimum Gasteiger partial charge on any atom is -0.298 e. The Labute approximate surface area is 185 Å². The van der Waals surface area contributed by atoms with E-state index in [1.165, 1.54) is 39.9 Å². The lowest BCUT2D eigenvalue weighted by atomic mass is 10.2. The van der Waals surface area contributed by atoms with Crippen LogP contribution in [-0.2, 0) is 10.0 Å². The van der Waals surface area contributed by atoms with Crippen molar-refractivity contribution in [3.63, 3.8) is 0 Å². The number of sulfonamides is 1. The van der Waals surface area contributed by atoms with E-state index in [1.54, 1.807) is 0 Å². The number of nitrogens with zero attached hydrogens (tertiary/aromatic N) is 2.